The van der Waals surface area contributed by atoms with Crippen LogP contribution in [-0.4, -0.2) is 16.9 Å². The maximum atomic E-state index is 12.2. The van der Waals surface area contributed by atoms with Crippen LogP contribution < -0.4 is 0 Å². The Kier molecular flexibility index (Phi) is 4.28. The second kappa shape index (κ2) is 5.34. The highest BCUT2D eigenvalue weighted by Crippen LogP contribution is 2.28. The van der Waals surface area contributed by atoms with E-state index >= 15 is 0 Å². The van der Waals surface area contributed by atoms with Gasteiger partial charge in [-0.25, -0.2) is 0 Å². The third-order valence-electron chi connectivity index (χ3n) is 2.96. The highest BCUT2D eigenvalue weighted by atomic mass is 16.4. The van der Waals surface area contributed by atoms with Gasteiger partial charge in [0.05, 0.1) is 6.42 Å². The van der Waals surface area contributed by atoms with Gasteiger partial charge in [0.1, 0.15) is 0 Å². The smallest absolute Gasteiger partial charge is 0.303 e. The fourth-order valence-electron chi connectivity index (χ4n) is 2.04. The first kappa shape index (κ1) is 14.4. The Balaban J connectivity index is 2.88. The fourth-order valence-corrected chi connectivity index (χ4v) is 2.04. The number of carbonyl (C=O) groups is 2. The second-order valence-corrected chi connectivity index (χ2v) is 5.65. The van der Waals surface area contributed by atoms with Gasteiger partial charge in [0.15, 0.2) is 5.78 Å². The number of aliphatic carboxylic acids is 1. The maximum Gasteiger partial charge on any atom is 0.303 e. The van der Waals surface area contributed by atoms with E-state index in [1.807, 2.05) is 45.9 Å². The summed E-state index contributed by atoms with van der Waals surface area (Å²) in [5.74, 6) is -0.851. The van der Waals surface area contributed by atoms with E-state index in [1.54, 1.807) is 0 Å². The average Bonchev–Trinajstić information content (AvgIpc) is 2.18. The summed E-state index contributed by atoms with van der Waals surface area (Å²) in [4.78, 5) is 23.0. The standard InChI is InChI=1S/C15H20O3/c1-10-5-6-11(2)12(7-10)13(16)8-15(3,4)9-14(17)18/h5-7H,8-9H2,1-4H3,(H,17,18). The molecule has 1 aromatic rings. The molecule has 0 fully saturated rings. The molecule has 0 atom stereocenters. The van der Waals surface area contributed by atoms with Crippen molar-refractivity contribution < 1.29 is 14.7 Å². The first-order chi connectivity index (χ1) is 8.21. The minimum Gasteiger partial charge on any atom is -0.481 e. The van der Waals surface area contributed by atoms with Crippen LogP contribution in [0, 0.1) is 19.3 Å². The van der Waals surface area contributed by atoms with E-state index < -0.39 is 11.4 Å². The number of rotatable bonds is 5. The topological polar surface area (TPSA) is 54.4 Å². The van der Waals surface area contributed by atoms with Gasteiger partial charge in [-0.1, -0.05) is 31.5 Å². The number of carboxylic acids is 1. The van der Waals surface area contributed by atoms with Gasteiger partial charge in [-0.15, -0.1) is 0 Å². The molecule has 98 valence electrons. The van der Waals surface area contributed by atoms with Crippen molar-refractivity contribution in [2.45, 2.75) is 40.5 Å². The Labute approximate surface area is 108 Å². The Bertz CT molecular complexity index is 473. The number of carbonyl (C=O) groups excluding carboxylic acids is 1. The molecule has 18 heavy (non-hydrogen) atoms. The lowest BCUT2D eigenvalue weighted by Gasteiger charge is -2.21. The van der Waals surface area contributed by atoms with Crippen molar-refractivity contribution in [3.8, 4) is 0 Å². The number of hydrogen-bond donors (Lipinski definition) is 1. The van der Waals surface area contributed by atoms with Crippen LogP contribution in [0.1, 0.15) is 48.2 Å². The van der Waals surface area contributed by atoms with Gasteiger partial charge in [0, 0.05) is 12.0 Å². The summed E-state index contributed by atoms with van der Waals surface area (Å²) in [6.07, 6.45) is 0.257. The molecule has 1 N–H and O–H groups in total. The Morgan fingerprint density at radius 2 is 1.78 bits per heavy atom. The zero-order chi connectivity index (χ0) is 13.9. The van der Waals surface area contributed by atoms with Crippen LogP contribution in [0.15, 0.2) is 18.2 Å². The summed E-state index contributed by atoms with van der Waals surface area (Å²) in [6, 6.07) is 5.76. The van der Waals surface area contributed by atoms with Gasteiger partial charge in [-0.2, -0.15) is 0 Å². The van der Waals surface area contributed by atoms with E-state index in [-0.39, 0.29) is 18.6 Å². The monoisotopic (exact) mass is 248 g/mol. The van der Waals surface area contributed by atoms with Crippen LogP contribution in [0.5, 0.6) is 0 Å². The summed E-state index contributed by atoms with van der Waals surface area (Å²) < 4.78 is 0. The maximum absolute atomic E-state index is 12.2. The normalized spacial score (nSPS) is 11.3. The predicted octanol–water partition coefficient (Wildman–Crippen LogP) is 3.38. The van der Waals surface area contributed by atoms with Crippen molar-refractivity contribution in [3.63, 3.8) is 0 Å². The Morgan fingerprint density at radius 1 is 1.17 bits per heavy atom. The average molecular weight is 248 g/mol. The fraction of sp³-hybridized carbons (Fsp3) is 0.467. The Morgan fingerprint density at radius 3 is 2.33 bits per heavy atom. The zero-order valence-electron chi connectivity index (χ0n) is 11.4. The molecule has 0 radical (unpaired) electrons. The van der Waals surface area contributed by atoms with Crippen LogP contribution in [0.4, 0.5) is 0 Å². The van der Waals surface area contributed by atoms with Crippen LogP contribution in [0.25, 0.3) is 0 Å². The minimum absolute atomic E-state index is 0.00357. The first-order valence-electron chi connectivity index (χ1n) is 6.03. The van der Waals surface area contributed by atoms with Crippen molar-refractivity contribution in [2.24, 2.45) is 5.41 Å². The van der Waals surface area contributed by atoms with E-state index in [9.17, 15) is 9.59 Å². The second-order valence-electron chi connectivity index (χ2n) is 5.65. The summed E-state index contributed by atoms with van der Waals surface area (Å²) in [7, 11) is 0. The number of ketones is 1. The van der Waals surface area contributed by atoms with Crippen LogP contribution in [-0.2, 0) is 4.79 Å². The first-order valence-corrected chi connectivity index (χ1v) is 6.03. The molecule has 0 heterocycles. The Hall–Kier alpha value is -1.64. The molecule has 0 spiro atoms. The van der Waals surface area contributed by atoms with Gasteiger partial charge in [0.25, 0.3) is 0 Å². The molecule has 0 amide bonds. The third-order valence-corrected chi connectivity index (χ3v) is 2.96. The largest absolute Gasteiger partial charge is 0.481 e. The quantitative estimate of drug-likeness (QED) is 0.813. The lowest BCUT2D eigenvalue weighted by molar-refractivity contribution is -0.139. The van der Waals surface area contributed by atoms with Gasteiger partial charge in [-0.3, -0.25) is 9.59 Å². The summed E-state index contributed by atoms with van der Waals surface area (Å²) in [5, 5.41) is 8.82. The van der Waals surface area contributed by atoms with Crippen molar-refractivity contribution in [2.75, 3.05) is 0 Å². The number of carboxylic acid groups (broad SMARTS) is 1. The summed E-state index contributed by atoms with van der Waals surface area (Å²) >= 11 is 0. The molecule has 1 rings (SSSR count). The SMILES string of the molecule is Cc1ccc(C)c(C(=O)CC(C)(C)CC(=O)O)c1. The number of benzene rings is 1. The lowest BCUT2D eigenvalue weighted by atomic mass is 9.82. The molecule has 0 saturated carbocycles. The molecule has 0 unspecified atom stereocenters. The molecule has 3 nitrogen and oxygen atoms in total. The van der Waals surface area contributed by atoms with Crippen LogP contribution in [0.3, 0.4) is 0 Å². The highest BCUT2D eigenvalue weighted by molar-refractivity contribution is 5.98. The molecular formula is C15H20O3. The molecule has 0 aliphatic rings. The summed E-state index contributed by atoms with van der Waals surface area (Å²) in [6.45, 7) is 7.46. The van der Waals surface area contributed by atoms with E-state index in [0.29, 0.717) is 5.56 Å². The predicted molar refractivity (Wildman–Crippen MR) is 70.9 cm³/mol. The lowest BCUT2D eigenvalue weighted by Crippen LogP contribution is -2.21. The van der Waals surface area contributed by atoms with Gasteiger partial charge in [0.2, 0.25) is 0 Å². The molecule has 3 heteroatoms. The van der Waals surface area contributed by atoms with Crippen LogP contribution in [0.2, 0.25) is 0 Å². The molecule has 0 aliphatic heterocycles. The van der Waals surface area contributed by atoms with Gasteiger partial charge < -0.3 is 5.11 Å². The molecule has 0 aromatic heterocycles. The van der Waals surface area contributed by atoms with Crippen molar-refractivity contribution in [3.05, 3.63) is 34.9 Å². The van der Waals surface area contributed by atoms with Crippen molar-refractivity contribution in [1.29, 1.82) is 0 Å². The summed E-state index contributed by atoms with van der Waals surface area (Å²) in [5.41, 5.74) is 2.17. The van der Waals surface area contributed by atoms with E-state index in [4.69, 9.17) is 5.11 Å². The molecule has 1 aromatic carbocycles. The van der Waals surface area contributed by atoms with Crippen molar-refractivity contribution >= 4 is 11.8 Å². The third kappa shape index (κ3) is 3.99. The van der Waals surface area contributed by atoms with Gasteiger partial charge >= 0.3 is 5.97 Å². The molecular weight excluding hydrogens is 228 g/mol. The highest BCUT2D eigenvalue weighted by Gasteiger charge is 2.26. The minimum atomic E-state index is -0.867. The number of hydrogen-bond acceptors (Lipinski definition) is 2. The molecule has 0 bridgehead atoms. The number of Topliss-reactive ketones (excluding diaryl/α,β-unsaturated/α-hetero) is 1. The number of aryl methyl sites for hydroxylation is 2. The van der Waals surface area contributed by atoms with E-state index in [1.165, 1.54) is 0 Å². The van der Waals surface area contributed by atoms with Crippen LogP contribution >= 0.6 is 0 Å². The van der Waals surface area contributed by atoms with Crippen molar-refractivity contribution in [1.82, 2.24) is 0 Å². The van der Waals surface area contributed by atoms with E-state index in [2.05, 4.69) is 0 Å². The molecule has 0 aliphatic carbocycles. The van der Waals surface area contributed by atoms with Gasteiger partial charge in [-0.05, 0) is 30.9 Å². The van der Waals surface area contributed by atoms with E-state index in [0.717, 1.165) is 11.1 Å². The zero-order valence-corrected chi connectivity index (χ0v) is 11.4. The molecule has 0 saturated heterocycles.